The lowest BCUT2D eigenvalue weighted by molar-refractivity contribution is -0.110. The number of rotatable bonds is 4. The van der Waals surface area contributed by atoms with Gasteiger partial charge in [-0.25, -0.2) is 0 Å². The number of hydrogen-bond acceptors (Lipinski definition) is 4. The van der Waals surface area contributed by atoms with E-state index < -0.39 is 0 Å². The second-order valence-corrected chi connectivity index (χ2v) is 4.34. The van der Waals surface area contributed by atoms with Crippen LogP contribution in [0.2, 0.25) is 0 Å². The topological polar surface area (TPSA) is 77.8 Å². The van der Waals surface area contributed by atoms with Crippen molar-refractivity contribution in [3.63, 3.8) is 0 Å². The van der Waals surface area contributed by atoms with Crippen molar-refractivity contribution in [2.75, 3.05) is 0 Å². The maximum Gasteiger partial charge on any atom is 0.178 e. The van der Waals surface area contributed by atoms with Crippen LogP contribution in [0.3, 0.4) is 0 Å². The molecular formula is C17H14O4. The zero-order chi connectivity index (χ0) is 15.2. The van der Waals surface area contributed by atoms with Gasteiger partial charge in [-0.05, 0) is 36.4 Å². The number of carbonyl (C=O) groups is 1. The third-order valence-electron chi connectivity index (χ3n) is 2.84. The number of phenolic OH excluding ortho intramolecular Hbond substituents is 3. The Morgan fingerprint density at radius 1 is 0.762 bits per heavy atom. The Kier molecular flexibility index (Phi) is 4.41. The molecule has 2 aromatic carbocycles. The highest BCUT2D eigenvalue weighted by molar-refractivity contribution is 6.04. The number of para-hydroxylation sites is 2. The van der Waals surface area contributed by atoms with Crippen LogP contribution in [0, 0.1) is 0 Å². The zero-order valence-corrected chi connectivity index (χ0v) is 11.1. The molecule has 2 rings (SSSR count). The zero-order valence-electron chi connectivity index (χ0n) is 11.1. The molecule has 4 nitrogen and oxygen atoms in total. The molecule has 0 aromatic heterocycles. The minimum atomic E-state index is -0.305. The first-order chi connectivity index (χ1) is 10.1. The van der Waals surface area contributed by atoms with E-state index in [-0.39, 0.29) is 23.0 Å². The quantitative estimate of drug-likeness (QED) is 0.595. The number of hydrogen-bond donors (Lipinski definition) is 3. The highest BCUT2D eigenvalue weighted by atomic mass is 16.3. The third-order valence-corrected chi connectivity index (χ3v) is 2.84. The Hall–Kier alpha value is -3.01. The van der Waals surface area contributed by atoms with Gasteiger partial charge in [0.25, 0.3) is 0 Å². The molecule has 0 bridgehead atoms. The minimum absolute atomic E-state index is 0.0937. The molecule has 0 radical (unpaired) electrons. The number of carbonyl (C=O) groups excluding carboxylic acids is 1. The van der Waals surface area contributed by atoms with Crippen LogP contribution in [-0.4, -0.2) is 21.1 Å². The smallest absolute Gasteiger partial charge is 0.178 e. The maximum atomic E-state index is 11.7. The van der Waals surface area contributed by atoms with Crippen molar-refractivity contribution < 1.29 is 20.1 Å². The van der Waals surface area contributed by atoms with Crippen LogP contribution in [-0.2, 0) is 4.79 Å². The average Bonchev–Trinajstić information content (AvgIpc) is 2.48. The lowest BCUT2D eigenvalue weighted by atomic mass is 10.1. The first-order valence-corrected chi connectivity index (χ1v) is 6.27. The first-order valence-electron chi connectivity index (χ1n) is 6.27. The standard InChI is InChI=1S/C17H14O4/c18-14(10-8-12-4-1-2-6-15(12)19)11-9-13-5-3-7-16(20)17(13)21/h1-11,19-21H/b10-8+,11-9+. The van der Waals surface area contributed by atoms with Crippen LogP contribution in [0.4, 0.5) is 0 Å². The summed E-state index contributed by atoms with van der Waals surface area (Å²) in [6, 6.07) is 11.2. The van der Waals surface area contributed by atoms with Gasteiger partial charge in [-0.3, -0.25) is 4.79 Å². The molecule has 0 unspecified atom stereocenters. The van der Waals surface area contributed by atoms with E-state index in [1.807, 2.05) is 0 Å². The molecule has 21 heavy (non-hydrogen) atoms. The van der Waals surface area contributed by atoms with Gasteiger partial charge in [-0.2, -0.15) is 0 Å². The van der Waals surface area contributed by atoms with Gasteiger partial charge in [0.2, 0.25) is 0 Å². The molecule has 0 aliphatic heterocycles. The number of phenols is 3. The van der Waals surface area contributed by atoms with E-state index >= 15 is 0 Å². The summed E-state index contributed by atoms with van der Waals surface area (Å²) in [5.74, 6) is -0.724. The number of benzene rings is 2. The van der Waals surface area contributed by atoms with E-state index in [0.717, 1.165) is 0 Å². The molecule has 0 atom stereocenters. The molecule has 0 spiro atoms. The number of allylic oxidation sites excluding steroid dienone is 2. The fourth-order valence-corrected chi connectivity index (χ4v) is 1.71. The lowest BCUT2D eigenvalue weighted by Crippen LogP contribution is -1.85. The van der Waals surface area contributed by atoms with Gasteiger partial charge in [0.15, 0.2) is 17.3 Å². The summed E-state index contributed by atoms with van der Waals surface area (Å²) in [6.45, 7) is 0. The van der Waals surface area contributed by atoms with Crippen LogP contribution in [0.1, 0.15) is 11.1 Å². The molecule has 4 heteroatoms. The number of ketones is 1. The van der Waals surface area contributed by atoms with Crippen molar-refractivity contribution in [3.8, 4) is 17.2 Å². The Labute approximate surface area is 121 Å². The van der Waals surface area contributed by atoms with Gasteiger partial charge in [0.1, 0.15) is 5.75 Å². The molecule has 0 fully saturated rings. The van der Waals surface area contributed by atoms with Crippen LogP contribution >= 0.6 is 0 Å². The van der Waals surface area contributed by atoms with Crippen molar-refractivity contribution in [1.82, 2.24) is 0 Å². The molecule has 0 saturated heterocycles. The second kappa shape index (κ2) is 6.43. The van der Waals surface area contributed by atoms with Crippen molar-refractivity contribution >= 4 is 17.9 Å². The van der Waals surface area contributed by atoms with E-state index in [9.17, 15) is 20.1 Å². The molecule has 0 amide bonds. The summed E-state index contributed by atoms with van der Waals surface area (Å²) in [6.07, 6.45) is 5.49. The van der Waals surface area contributed by atoms with Crippen LogP contribution < -0.4 is 0 Å². The second-order valence-electron chi connectivity index (χ2n) is 4.34. The summed E-state index contributed by atoms with van der Waals surface area (Å²) < 4.78 is 0. The van der Waals surface area contributed by atoms with Crippen LogP contribution in [0.15, 0.2) is 54.6 Å². The van der Waals surface area contributed by atoms with Crippen LogP contribution in [0.5, 0.6) is 17.2 Å². The van der Waals surface area contributed by atoms with E-state index in [4.69, 9.17) is 0 Å². The highest BCUT2D eigenvalue weighted by Gasteiger charge is 2.02. The SMILES string of the molecule is O=C(/C=C/c1ccccc1O)/C=C/c1cccc(O)c1O. The predicted molar refractivity (Wildman–Crippen MR) is 81.0 cm³/mol. The first kappa shape index (κ1) is 14.4. The third kappa shape index (κ3) is 3.73. The molecule has 0 saturated carbocycles. The average molecular weight is 282 g/mol. The van der Waals surface area contributed by atoms with Crippen molar-refractivity contribution in [3.05, 3.63) is 65.7 Å². The van der Waals surface area contributed by atoms with Crippen LogP contribution in [0.25, 0.3) is 12.2 Å². The van der Waals surface area contributed by atoms with E-state index in [2.05, 4.69) is 0 Å². The van der Waals surface area contributed by atoms with Crippen molar-refractivity contribution in [2.45, 2.75) is 0 Å². The predicted octanol–water partition coefficient (Wildman–Crippen LogP) is 3.10. The summed E-state index contributed by atoms with van der Waals surface area (Å²) in [5, 5.41) is 28.5. The minimum Gasteiger partial charge on any atom is -0.507 e. The van der Waals surface area contributed by atoms with Gasteiger partial charge in [0, 0.05) is 11.1 Å². The maximum absolute atomic E-state index is 11.7. The molecular weight excluding hydrogens is 268 g/mol. The Morgan fingerprint density at radius 2 is 1.33 bits per heavy atom. The van der Waals surface area contributed by atoms with Gasteiger partial charge in [-0.15, -0.1) is 0 Å². The molecule has 0 aliphatic rings. The monoisotopic (exact) mass is 282 g/mol. The molecule has 106 valence electrons. The molecule has 3 N–H and O–H groups in total. The summed E-state index contributed by atoms with van der Waals surface area (Å²) in [7, 11) is 0. The summed E-state index contributed by atoms with van der Waals surface area (Å²) in [4.78, 5) is 11.7. The van der Waals surface area contributed by atoms with Gasteiger partial charge in [0.05, 0.1) is 0 Å². The van der Waals surface area contributed by atoms with E-state index in [0.29, 0.717) is 11.1 Å². The fraction of sp³-hybridized carbons (Fsp3) is 0. The lowest BCUT2D eigenvalue weighted by Gasteiger charge is -2.00. The van der Waals surface area contributed by atoms with E-state index in [1.165, 1.54) is 36.4 Å². The molecule has 0 aliphatic carbocycles. The van der Waals surface area contributed by atoms with Gasteiger partial charge in [-0.1, -0.05) is 30.3 Å². The summed E-state index contributed by atoms with van der Waals surface area (Å²) >= 11 is 0. The Morgan fingerprint density at radius 3 is 2.05 bits per heavy atom. The Balaban J connectivity index is 2.10. The normalized spacial score (nSPS) is 11.2. The molecule has 0 heterocycles. The fourth-order valence-electron chi connectivity index (χ4n) is 1.71. The number of aromatic hydroxyl groups is 3. The van der Waals surface area contributed by atoms with E-state index in [1.54, 1.807) is 30.3 Å². The van der Waals surface area contributed by atoms with Gasteiger partial charge >= 0.3 is 0 Å². The highest BCUT2D eigenvalue weighted by Crippen LogP contribution is 2.29. The summed E-state index contributed by atoms with van der Waals surface area (Å²) in [5.41, 5.74) is 0.888. The largest absolute Gasteiger partial charge is 0.507 e. The van der Waals surface area contributed by atoms with Crippen molar-refractivity contribution in [1.29, 1.82) is 0 Å². The van der Waals surface area contributed by atoms with Gasteiger partial charge < -0.3 is 15.3 Å². The van der Waals surface area contributed by atoms with Crippen molar-refractivity contribution in [2.24, 2.45) is 0 Å². The molecule has 2 aromatic rings. The Bertz CT molecular complexity index is 714.